The summed E-state index contributed by atoms with van der Waals surface area (Å²) in [4.78, 5) is 10.9. The molecule has 0 atom stereocenters. The molecule has 4 N–H and O–H groups in total. The number of aliphatic imine (C=N–C) groups is 2. The van der Waals surface area contributed by atoms with Gasteiger partial charge in [0.1, 0.15) is 18.0 Å². The third-order valence-corrected chi connectivity index (χ3v) is 3.46. The van der Waals surface area contributed by atoms with E-state index in [0.29, 0.717) is 16.7 Å². The molecule has 2 rings (SSSR count). The number of H-pyrrole nitrogens is 1. The highest BCUT2D eigenvalue weighted by Gasteiger charge is 2.15. The number of benzene rings is 1. The Morgan fingerprint density at radius 2 is 2.25 bits per heavy atom. The highest BCUT2D eigenvalue weighted by atomic mass is 32.2. The molecule has 0 amide bonds. The van der Waals surface area contributed by atoms with E-state index in [-0.39, 0.29) is 5.82 Å². The van der Waals surface area contributed by atoms with Crippen LogP contribution in [0.15, 0.2) is 27.1 Å². The summed E-state index contributed by atoms with van der Waals surface area (Å²) in [6, 6.07) is 3.31. The fraction of sp³-hybridized carbons (Fsp3) is 0.231. The molecule has 2 aromatic rings. The molecule has 1 aromatic carbocycles. The lowest BCUT2D eigenvalue weighted by atomic mass is 10.0. The summed E-state index contributed by atoms with van der Waals surface area (Å²) in [5.41, 5.74) is 7.87. The molecule has 106 valence electrons. The van der Waals surface area contributed by atoms with Gasteiger partial charge in [0, 0.05) is 18.0 Å². The summed E-state index contributed by atoms with van der Waals surface area (Å²) >= 11 is 1.37. The summed E-state index contributed by atoms with van der Waals surface area (Å²) in [7, 11) is 3.41. The van der Waals surface area contributed by atoms with Gasteiger partial charge in [-0.1, -0.05) is 0 Å². The molecular weight excluding hydrogens is 277 g/mol. The molecule has 0 aliphatic carbocycles. The van der Waals surface area contributed by atoms with Gasteiger partial charge in [-0.05, 0) is 43.6 Å². The number of nitrogens with two attached hydrogens (primary N) is 1. The van der Waals surface area contributed by atoms with Crippen molar-refractivity contribution in [3.8, 4) is 0 Å². The fourth-order valence-electron chi connectivity index (χ4n) is 2.05. The first-order valence-corrected chi connectivity index (χ1v) is 6.79. The summed E-state index contributed by atoms with van der Waals surface area (Å²) in [6.07, 6.45) is 1.37. The maximum absolute atomic E-state index is 14.0. The van der Waals surface area contributed by atoms with Crippen LogP contribution < -0.4 is 10.5 Å². The van der Waals surface area contributed by atoms with Crippen LogP contribution in [0, 0.1) is 12.7 Å². The van der Waals surface area contributed by atoms with Gasteiger partial charge in [0.2, 0.25) is 0 Å². The van der Waals surface area contributed by atoms with E-state index in [1.807, 2.05) is 6.07 Å². The molecule has 0 saturated carbocycles. The standard InChI is InChI=1S/C13H16FN5S/c1-7-4-9(14)12-8(5-10(19-12)20-17-3)11(7)13(15)18-6-16-2/h4-6,17,19H,1-3H3,(H2,15,16,18). The normalized spacial score (nSPS) is 12.7. The average Bonchev–Trinajstić information content (AvgIpc) is 2.80. The number of nitrogens with zero attached hydrogens (tertiary/aromatic N) is 2. The Bertz CT molecular complexity index is 690. The maximum Gasteiger partial charge on any atom is 0.147 e. The minimum atomic E-state index is -0.304. The van der Waals surface area contributed by atoms with Crippen molar-refractivity contribution in [3.63, 3.8) is 0 Å². The van der Waals surface area contributed by atoms with Crippen LogP contribution in [0.3, 0.4) is 0 Å². The van der Waals surface area contributed by atoms with Crippen LogP contribution in [0.1, 0.15) is 11.1 Å². The summed E-state index contributed by atoms with van der Waals surface area (Å²) in [6.45, 7) is 1.81. The first-order chi connectivity index (χ1) is 9.58. The van der Waals surface area contributed by atoms with E-state index in [9.17, 15) is 4.39 Å². The maximum atomic E-state index is 14.0. The van der Waals surface area contributed by atoms with Crippen molar-refractivity contribution in [2.45, 2.75) is 11.9 Å². The molecule has 0 saturated heterocycles. The van der Waals surface area contributed by atoms with Crippen molar-refractivity contribution in [2.75, 3.05) is 14.1 Å². The zero-order chi connectivity index (χ0) is 14.7. The molecule has 0 radical (unpaired) electrons. The van der Waals surface area contributed by atoms with Crippen LogP contribution in [0.2, 0.25) is 0 Å². The number of rotatable bonds is 4. The topological polar surface area (TPSA) is 78.6 Å². The Kier molecular flexibility index (Phi) is 4.41. The molecular formula is C13H16FN5S. The van der Waals surface area contributed by atoms with Crippen LogP contribution in [0.5, 0.6) is 0 Å². The van der Waals surface area contributed by atoms with Gasteiger partial charge in [-0.15, -0.1) is 0 Å². The van der Waals surface area contributed by atoms with E-state index in [1.54, 1.807) is 21.0 Å². The van der Waals surface area contributed by atoms with E-state index in [1.165, 1.54) is 24.4 Å². The minimum Gasteiger partial charge on any atom is -0.383 e. The Labute approximate surface area is 120 Å². The highest BCUT2D eigenvalue weighted by Crippen LogP contribution is 2.28. The lowest BCUT2D eigenvalue weighted by Gasteiger charge is -2.07. The highest BCUT2D eigenvalue weighted by molar-refractivity contribution is 7.97. The number of aryl methyl sites for hydroxylation is 1. The molecule has 5 nitrogen and oxygen atoms in total. The van der Waals surface area contributed by atoms with Crippen LogP contribution in [0.25, 0.3) is 10.9 Å². The second kappa shape index (κ2) is 6.06. The summed E-state index contributed by atoms with van der Waals surface area (Å²) < 4.78 is 17.0. The van der Waals surface area contributed by atoms with Crippen LogP contribution in [0.4, 0.5) is 4.39 Å². The smallest absolute Gasteiger partial charge is 0.147 e. The van der Waals surface area contributed by atoms with Gasteiger partial charge >= 0.3 is 0 Å². The summed E-state index contributed by atoms with van der Waals surface area (Å²) in [5, 5.41) is 1.52. The number of halogens is 1. The number of aromatic amines is 1. The molecule has 1 aromatic heterocycles. The van der Waals surface area contributed by atoms with E-state index >= 15 is 0 Å². The van der Waals surface area contributed by atoms with E-state index in [0.717, 1.165) is 16.2 Å². The Morgan fingerprint density at radius 1 is 1.50 bits per heavy atom. The van der Waals surface area contributed by atoms with Crippen LogP contribution in [-0.4, -0.2) is 31.3 Å². The quantitative estimate of drug-likeness (QED) is 0.459. The van der Waals surface area contributed by atoms with Gasteiger partial charge in [-0.25, -0.2) is 9.38 Å². The van der Waals surface area contributed by atoms with Gasteiger partial charge in [-0.2, -0.15) is 0 Å². The third kappa shape index (κ3) is 2.68. The molecule has 0 bridgehead atoms. The Morgan fingerprint density at radius 3 is 2.90 bits per heavy atom. The molecule has 7 heteroatoms. The summed E-state index contributed by atoms with van der Waals surface area (Å²) in [5.74, 6) is 0.0132. The van der Waals surface area contributed by atoms with Gasteiger partial charge < -0.3 is 10.7 Å². The number of amidine groups is 1. The number of hydrogen-bond donors (Lipinski definition) is 3. The Hall–Kier alpha value is -1.86. The molecule has 20 heavy (non-hydrogen) atoms. The predicted octanol–water partition coefficient (Wildman–Crippen LogP) is 2.21. The van der Waals surface area contributed by atoms with E-state index < -0.39 is 0 Å². The van der Waals surface area contributed by atoms with Crippen LogP contribution >= 0.6 is 11.9 Å². The largest absolute Gasteiger partial charge is 0.383 e. The van der Waals surface area contributed by atoms with Crippen molar-refractivity contribution in [1.82, 2.24) is 9.71 Å². The SMILES string of the molecule is CN=CN=C(N)c1c(C)cc(F)c2[nH]c(SNC)cc12. The zero-order valence-corrected chi connectivity index (χ0v) is 12.3. The first-order valence-electron chi connectivity index (χ1n) is 5.98. The number of fused-ring (bicyclic) bond motifs is 1. The third-order valence-electron chi connectivity index (χ3n) is 2.82. The molecule has 0 spiro atoms. The van der Waals surface area contributed by atoms with Crippen molar-refractivity contribution in [2.24, 2.45) is 15.7 Å². The number of nitrogens with one attached hydrogen (secondary N) is 2. The molecule has 0 aliphatic heterocycles. The molecule has 0 fully saturated rings. The molecule has 1 heterocycles. The number of hydrogen-bond acceptors (Lipinski definition) is 3. The van der Waals surface area contributed by atoms with Crippen molar-refractivity contribution < 1.29 is 4.39 Å². The first kappa shape index (κ1) is 14.5. The predicted molar refractivity (Wildman–Crippen MR) is 83.1 cm³/mol. The van der Waals surface area contributed by atoms with E-state index in [2.05, 4.69) is 19.7 Å². The molecule has 0 unspecified atom stereocenters. The lowest BCUT2D eigenvalue weighted by molar-refractivity contribution is 0.635. The minimum absolute atomic E-state index is 0.304. The van der Waals surface area contributed by atoms with Gasteiger partial charge in [-0.3, -0.25) is 9.71 Å². The second-order valence-electron chi connectivity index (χ2n) is 4.17. The monoisotopic (exact) mass is 293 g/mol. The Balaban J connectivity index is 2.69. The van der Waals surface area contributed by atoms with Crippen LogP contribution in [-0.2, 0) is 0 Å². The second-order valence-corrected chi connectivity index (χ2v) is 5.22. The fourth-order valence-corrected chi connectivity index (χ4v) is 2.60. The van der Waals surface area contributed by atoms with E-state index in [4.69, 9.17) is 5.73 Å². The van der Waals surface area contributed by atoms with Crippen molar-refractivity contribution >= 4 is 35.0 Å². The van der Waals surface area contributed by atoms with Gasteiger partial charge in [0.05, 0.1) is 10.5 Å². The van der Waals surface area contributed by atoms with Gasteiger partial charge in [0.15, 0.2) is 0 Å². The number of aromatic nitrogens is 1. The average molecular weight is 293 g/mol. The molecule has 0 aliphatic rings. The lowest BCUT2D eigenvalue weighted by Crippen LogP contribution is -2.15. The van der Waals surface area contributed by atoms with Crippen molar-refractivity contribution in [1.29, 1.82) is 0 Å². The zero-order valence-electron chi connectivity index (χ0n) is 11.5. The van der Waals surface area contributed by atoms with Crippen molar-refractivity contribution in [3.05, 3.63) is 29.1 Å². The van der Waals surface area contributed by atoms with Gasteiger partial charge in [0.25, 0.3) is 0 Å².